The molecule has 3 rings (SSSR count). The van der Waals surface area contributed by atoms with Crippen LogP contribution >= 0.6 is 0 Å². The molecule has 0 saturated heterocycles. The first-order valence-electron chi connectivity index (χ1n) is 7.61. The van der Waals surface area contributed by atoms with Crippen LogP contribution < -0.4 is 5.32 Å². The second-order valence-electron chi connectivity index (χ2n) is 5.50. The fourth-order valence-corrected chi connectivity index (χ4v) is 2.31. The summed E-state index contributed by atoms with van der Waals surface area (Å²) < 4.78 is 39.6. The highest BCUT2D eigenvalue weighted by Gasteiger charge is 2.33. The summed E-state index contributed by atoms with van der Waals surface area (Å²) in [6.45, 7) is 1.56. The molecule has 9 heteroatoms. The number of aromatic nitrogens is 4. The van der Waals surface area contributed by atoms with Crippen LogP contribution in [0.5, 0.6) is 0 Å². The van der Waals surface area contributed by atoms with Gasteiger partial charge in [-0.15, -0.1) is 0 Å². The number of halogens is 3. The van der Waals surface area contributed by atoms with Crippen molar-refractivity contribution >= 4 is 5.91 Å². The zero-order valence-corrected chi connectivity index (χ0v) is 13.7. The van der Waals surface area contributed by atoms with Crippen molar-refractivity contribution in [2.24, 2.45) is 0 Å². The van der Waals surface area contributed by atoms with Crippen LogP contribution in [0.1, 0.15) is 27.3 Å². The quantitative estimate of drug-likeness (QED) is 0.776. The van der Waals surface area contributed by atoms with Crippen LogP contribution in [0.3, 0.4) is 0 Å². The third kappa shape index (κ3) is 3.88. The third-order valence-corrected chi connectivity index (χ3v) is 3.65. The van der Waals surface area contributed by atoms with E-state index in [4.69, 9.17) is 0 Å². The van der Waals surface area contributed by atoms with E-state index < -0.39 is 17.8 Å². The molecule has 0 bridgehead atoms. The van der Waals surface area contributed by atoms with Gasteiger partial charge in [0.15, 0.2) is 0 Å². The van der Waals surface area contributed by atoms with E-state index in [2.05, 4.69) is 20.3 Å². The summed E-state index contributed by atoms with van der Waals surface area (Å²) in [6, 6.07) is 5.48. The van der Waals surface area contributed by atoms with Gasteiger partial charge in [0.2, 0.25) is 0 Å². The molecular weight excluding hydrogens is 347 g/mol. The van der Waals surface area contributed by atoms with E-state index in [1.54, 1.807) is 41.6 Å². The van der Waals surface area contributed by atoms with E-state index in [0.717, 1.165) is 17.7 Å². The normalized spacial score (nSPS) is 11.4. The first-order valence-corrected chi connectivity index (χ1v) is 7.61. The van der Waals surface area contributed by atoms with Gasteiger partial charge in [-0.1, -0.05) is 6.07 Å². The van der Waals surface area contributed by atoms with Gasteiger partial charge in [-0.2, -0.15) is 13.2 Å². The second-order valence-corrected chi connectivity index (χ2v) is 5.50. The lowest BCUT2D eigenvalue weighted by molar-refractivity contribution is -0.141. The van der Waals surface area contributed by atoms with Gasteiger partial charge in [0.1, 0.15) is 17.8 Å². The van der Waals surface area contributed by atoms with Gasteiger partial charge in [0, 0.05) is 25.1 Å². The van der Waals surface area contributed by atoms with Crippen LogP contribution in [0.4, 0.5) is 13.2 Å². The van der Waals surface area contributed by atoms with E-state index >= 15 is 0 Å². The molecule has 134 valence electrons. The second kappa shape index (κ2) is 6.95. The fraction of sp³-hybridized carbons (Fsp3) is 0.176. The lowest BCUT2D eigenvalue weighted by Crippen LogP contribution is -2.24. The summed E-state index contributed by atoms with van der Waals surface area (Å²) in [4.78, 5) is 23.8. The van der Waals surface area contributed by atoms with Gasteiger partial charge in [0.25, 0.3) is 5.91 Å². The highest BCUT2D eigenvalue weighted by Crippen LogP contribution is 2.28. The molecule has 1 N–H and O–H groups in total. The molecule has 0 fully saturated rings. The Labute approximate surface area is 146 Å². The van der Waals surface area contributed by atoms with Crippen molar-refractivity contribution < 1.29 is 18.0 Å². The molecule has 1 amide bonds. The Kier molecular flexibility index (Phi) is 4.70. The van der Waals surface area contributed by atoms with Gasteiger partial charge in [-0.25, -0.2) is 15.0 Å². The first-order chi connectivity index (χ1) is 12.3. The molecule has 6 nitrogen and oxygen atoms in total. The average molecular weight is 361 g/mol. The van der Waals surface area contributed by atoms with Crippen LogP contribution in [0, 0.1) is 6.92 Å². The van der Waals surface area contributed by atoms with E-state index in [-0.39, 0.29) is 17.8 Å². The fourth-order valence-electron chi connectivity index (χ4n) is 2.31. The van der Waals surface area contributed by atoms with E-state index in [1.165, 1.54) is 6.92 Å². The van der Waals surface area contributed by atoms with E-state index in [0.29, 0.717) is 5.82 Å². The minimum atomic E-state index is -4.54. The SMILES string of the molecule is Cc1nc(C(F)(F)F)ccc1C(=O)NCc1ccc(-n2ccnc2)nc1. The predicted octanol–water partition coefficient (Wildman–Crippen LogP) is 2.92. The molecule has 0 aromatic carbocycles. The Bertz CT molecular complexity index is 905. The van der Waals surface area contributed by atoms with Crippen LogP contribution in [0.2, 0.25) is 0 Å². The van der Waals surface area contributed by atoms with Gasteiger partial charge in [-0.3, -0.25) is 9.36 Å². The number of rotatable bonds is 4. The van der Waals surface area contributed by atoms with E-state index in [1.807, 2.05) is 0 Å². The number of hydrogen-bond donors (Lipinski definition) is 1. The lowest BCUT2D eigenvalue weighted by Gasteiger charge is -2.10. The predicted molar refractivity (Wildman–Crippen MR) is 86.5 cm³/mol. The molecule has 0 aliphatic heterocycles. The number of imidazole rings is 1. The first kappa shape index (κ1) is 17.6. The molecular formula is C17H14F3N5O. The maximum Gasteiger partial charge on any atom is 0.433 e. The number of pyridine rings is 2. The molecule has 0 atom stereocenters. The maximum absolute atomic E-state index is 12.6. The van der Waals surface area contributed by atoms with Gasteiger partial charge < -0.3 is 5.32 Å². The zero-order valence-electron chi connectivity index (χ0n) is 13.7. The smallest absolute Gasteiger partial charge is 0.348 e. The summed E-state index contributed by atoms with van der Waals surface area (Å²) in [5.74, 6) is 0.183. The number of carbonyl (C=O) groups is 1. The number of carbonyl (C=O) groups excluding carboxylic acids is 1. The van der Waals surface area contributed by atoms with Crippen LogP contribution in [-0.2, 0) is 12.7 Å². The molecule has 26 heavy (non-hydrogen) atoms. The minimum Gasteiger partial charge on any atom is -0.348 e. The Balaban J connectivity index is 1.65. The lowest BCUT2D eigenvalue weighted by atomic mass is 10.1. The number of nitrogens with zero attached hydrogens (tertiary/aromatic N) is 4. The molecule has 0 unspecified atom stereocenters. The molecule has 0 spiro atoms. The zero-order chi connectivity index (χ0) is 18.7. The molecule has 3 aromatic rings. The van der Waals surface area contributed by atoms with Crippen molar-refractivity contribution in [1.82, 2.24) is 24.8 Å². The monoisotopic (exact) mass is 361 g/mol. The molecule has 0 aliphatic carbocycles. The number of aryl methyl sites for hydroxylation is 1. The van der Waals surface area contributed by atoms with Gasteiger partial charge in [0.05, 0.1) is 11.3 Å². The molecule has 3 heterocycles. The maximum atomic E-state index is 12.6. The third-order valence-electron chi connectivity index (χ3n) is 3.65. The van der Waals surface area contributed by atoms with E-state index in [9.17, 15) is 18.0 Å². The minimum absolute atomic E-state index is 0.0194. The highest BCUT2D eigenvalue weighted by atomic mass is 19.4. The van der Waals surface area contributed by atoms with Crippen LogP contribution in [-0.4, -0.2) is 25.4 Å². The summed E-state index contributed by atoms with van der Waals surface area (Å²) in [5.41, 5.74) is -0.155. The summed E-state index contributed by atoms with van der Waals surface area (Å²) in [5, 5.41) is 2.65. The molecule has 0 saturated carbocycles. The van der Waals surface area contributed by atoms with Gasteiger partial charge in [-0.05, 0) is 30.7 Å². The molecule has 3 aromatic heterocycles. The standard InChI is InChI=1S/C17H14F3N5O/c1-11-13(3-4-14(24-11)17(18,19)20)16(26)23-9-12-2-5-15(22-8-12)25-7-6-21-10-25/h2-8,10H,9H2,1H3,(H,23,26). The Morgan fingerprint density at radius 3 is 2.62 bits per heavy atom. The van der Waals surface area contributed by atoms with Crippen molar-refractivity contribution in [1.29, 1.82) is 0 Å². The largest absolute Gasteiger partial charge is 0.433 e. The van der Waals surface area contributed by atoms with Crippen molar-refractivity contribution in [2.75, 3.05) is 0 Å². The summed E-state index contributed by atoms with van der Waals surface area (Å²) in [7, 11) is 0. The highest BCUT2D eigenvalue weighted by molar-refractivity contribution is 5.95. The topological polar surface area (TPSA) is 72.7 Å². The number of nitrogens with one attached hydrogen (secondary N) is 1. The van der Waals surface area contributed by atoms with Crippen molar-refractivity contribution in [3.63, 3.8) is 0 Å². The summed E-state index contributed by atoms with van der Waals surface area (Å²) >= 11 is 0. The van der Waals surface area contributed by atoms with Crippen LogP contribution in [0.15, 0.2) is 49.2 Å². The van der Waals surface area contributed by atoms with Crippen molar-refractivity contribution in [3.05, 3.63) is 71.7 Å². The van der Waals surface area contributed by atoms with Crippen molar-refractivity contribution in [2.45, 2.75) is 19.6 Å². The Morgan fingerprint density at radius 2 is 2.04 bits per heavy atom. The van der Waals surface area contributed by atoms with Gasteiger partial charge >= 0.3 is 6.18 Å². The number of alkyl halides is 3. The average Bonchev–Trinajstić information content (AvgIpc) is 3.14. The van der Waals surface area contributed by atoms with Crippen LogP contribution in [0.25, 0.3) is 5.82 Å². The van der Waals surface area contributed by atoms with Crippen molar-refractivity contribution in [3.8, 4) is 5.82 Å². The Hall–Kier alpha value is -3.23. The Morgan fingerprint density at radius 1 is 1.23 bits per heavy atom. The number of hydrogen-bond acceptors (Lipinski definition) is 4. The molecule has 0 aliphatic rings. The number of amides is 1. The summed E-state index contributed by atoms with van der Waals surface area (Å²) in [6.07, 6.45) is 2.07. The molecule has 0 radical (unpaired) electrons.